The zero-order valence-corrected chi connectivity index (χ0v) is 15.3. The number of hydrogen-bond donors (Lipinski definition) is 1. The molecule has 0 aromatic heterocycles. The van der Waals surface area contributed by atoms with Crippen molar-refractivity contribution in [2.24, 2.45) is 0 Å². The van der Waals surface area contributed by atoms with Gasteiger partial charge in [0.1, 0.15) is 18.0 Å². The highest BCUT2D eigenvalue weighted by Crippen LogP contribution is 2.29. The minimum absolute atomic E-state index is 0.0480. The van der Waals surface area contributed by atoms with Crippen LogP contribution in [0.15, 0.2) is 48.0 Å². The summed E-state index contributed by atoms with van der Waals surface area (Å²) in [6.45, 7) is 0.0480. The normalized spacial score (nSPS) is 15.1. The number of terminal acetylenes is 1. The molecule has 0 unspecified atom stereocenters. The number of urea groups is 1. The third kappa shape index (κ3) is 4.09. The molecule has 0 radical (unpaired) electrons. The highest BCUT2D eigenvalue weighted by molar-refractivity contribution is 6.39. The molecule has 1 heterocycles. The van der Waals surface area contributed by atoms with Crippen LogP contribution in [-0.2, 0) is 9.59 Å². The van der Waals surface area contributed by atoms with E-state index in [4.69, 9.17) is 15.9 Å². The van der Waals surface area contributed by atoms with E-state index in [1.807, 2.05) is 0 Å². The van der Waals surface area contributed by atoms with Crippen molar-refractivity contribution in [1.29, 1.82) is 0 Å². The molecular formula is C21H15FN2O5. The summed E-state index contributed by atoms with van der Waals surface area (Å²) < 4.78 is 23.7. The number of halogens is 1. The summed E-state index contributed by atoms with van der Waals surface area (Å²) in [6, 6.07) is 8.56. The highest BCUT2D eigenvalue weighted by atomic mass is 19.1. The van der Waals surface area contributed by atoms with Crippen molar-refractivity contribution in [3.8, 4) is 23.8 Å². The van der Waals surface area contributed by atoms with Crippen LogP contribution in [0.2, 0.25) is 0 Å². The molecule has 1 aliphatic rings. The fourth-order valence-corrected chi connectivity index (χ4v) is 2.66. The zero-order chi connectivity index (χ0) is 21.0. The predicted molar refractivity (Wildman–Crippen MR) is 103 cm³/mol. The average molecular weight is 394 g/mol. The molecule has 1 N–H and O–H groups in total. The number of hydrogen-bond acceptors (Lipinski definition) is 5. The van der Waals surface area contributed by atoms with E-state index in [-0.39, 0.29) is 17.9 Å². The molecule has 2 aromatic rings. The molecule has 146 valence electrons. The largest absolute Gasteiger partial charge is 0.493 e. The SMILES string of the molecule is C#CCOc1ccc(/C=C2\C(=O)NC(=O)N(c3ccc(F)cc3)C2=O)cc1OC. The molecule has 2 aromatic carbocycles. The minimum atomic E-state index is -0.917. The summed E-state index contributed by atoms with van der Waals surface area (Å²) in [5, 5.41) is 2.10. The second-order valence-corrected chi connectivity index (χ2v) is 5.84. The molecule has 3 rings (SSSR count). The lowest BCUT2D eigenvalue weighted by Crippen LogP contribution is -2.54. The van der Waals surface area contributed by atoms with Gasteiger partial charge < -0.3 is 9.47 Å². The van der Waals surface area contributed by atoms with Crippen LogP contribution in [-0.4, -0.2) is 31.6 Å². The zero-order valence-electron chi connectivity index (χ0n) is 15.3. The van der Waals surface area contributed by atoms with Gasteiger partial charge in [-0.1, -0.05) is 12.0 Å². The molecule has 0 atom stereocenters. The summed E-state index contributed by atoms with van der Waals surface area (Å²) >= 11 is 0. The quantitative estimate of drug-likeness (QED) is 0.479. The Morgan fingerprint density at radius 3 is 2.52 bits per heavy atom. The van der Waals surface area contributed by atoms with Crippen molar-refractivity contribution in [3.63, 3.8) is 0 Å². The summed E-state index contributed by atoms with van der Waals surface area (Å²) in [4.78, 5) is 37.9. The number of barbiturate groups is 1. The number of carbonyl (C=O) groups excluding carboxylic acids is 3. The van der Waals surface area contributed by atoms with E-state index in [1.165, 1.54) is 25.3 Å². The van der Waals surface area contributed by atoms with Gasteiger partial charge in [-0.25, -0.2) is 14.1 Å². The molecular weight excluding hydrogens is 379 g/mol. The van der Waals surface area contributed by atoms with Gasteiger partial charge in [-0.2, -0.15) is 0 Å². The second kappa shape index (κ2) is 8.27. The molecule has 4 amide bonds. The van der Waals surface area contributed by atoms with Gasteiger partial charge in [-0.3, -0.25) is 14.9 Å². The first-order chi connectivity index (χ1) is 13.9. The van der Waals surface area contributed by atoms with Crippen LogP contribution in [0.5, 0.6) is 11.5 Å². The maximum Gasteiger partial charge on any atom is 0.335 e. The van der Waals surface area contributed by atoms with Crippen LogP contribution >= 0.6 is 0 Å². The van der Waals surface area contributed by atoms with Crippen molar-refractivity contribution < 1.29 is 28.2 Å². The number of rotatable bonds is 5. The maximum atomic E-state index is 13.2. The summed E-state index contributed by atoms with van der Waals surface area (Å²) in [6.07, 6.45) is 6.49. The molecule has 0 saturated carbocycles. The lowest BCUT2D eigenvalue weighted by Gasteiger charge is -2.26. The molecule has 1 aliphatic heterocycles. The Hall–Kier alpha value is -4.12. The number of methoxy groups -OCH3 is 1. The molecule has 0 bridgehead atoms. The van der Waals surface area contributed by atoms with Crippen molar-refractivity contribution in [2.75, 3.05) is 18.6 Å². The van der Waals surface area contributed by atoms with Crippen LogP contribution in [0.25, 0.3) is 6.08 Å². The van der Waals surface area contributed by atoms with Crippen molar-refractivity contribution >= 4 is 29.6 Å². The van der Waals surface area contributed by atoms with E-state index in [1.54, 1.807) is 18.2 Å². The fraction of sp³-hybridized carbons (Fsp3) is 0.0952. The van der Waals surface area contributed by atoms with E-state index in [2.05, 4.69) is 11.2 Å². The molecule has 8 heteroatoms. The minimum Gasteiger partial charge on any atom is -0.493 e. The number of ether oxygens (including phenoxy) is 2. The Morgan fingerprint density at radius 1 is 1.14 bits per heavy atom. The van der Waals surface area contributed by atoms with Crippen LogP contribution in [0.4, 0.5) is 14.9 Å². The Morgan fingerprint density at radius 2 is 1.86 bits per heavy atom. The van der Waals surface area contributed by atoms with Crippen LogP contribution in [0.1, 0.15) is 5.56 Å². The van der Waals surface area contributed by atoms with E-state index in [9.17, 15) is 18.8 Å². The van der Waals surface area contributed by atoms with Crippen LogP contribution in [0.3, 0.4) is 0 Å². The van der Waals surface area contributed by atoms with E-state index < -0.39 is 23.7 Å². The molecule has 0 aliphatic carbocycles. The first-order valence-corrected chi connectivity index (χ1v) is 8.36. The second-order valence-electron chi connectivity index (χ2n) is 5.84. The maximum absolute atomic E-state index is 13.2. The number of nitrogens with zero attached hydrogens (tertiary/aromatic N) is 1. The molecule has 29 heavy (non-hydrogen) atoms. The van der Waals surface area contributed by atoms with Gasteiger partial charge in [-0.15, -0.1) is 6.42 Å². The van der Waals surface area contributed by atoms with Crippen molar-refractivity contribution in [1.82, 2.24) is 5.32 Å². The first kappa shape index (κ1) is 19.6. The van der Waals surface area contributed by atoms with Crippen LogP contribution < -0.4 is 19.7 Å². The first-order valence-electron chi connectivity index (χ1n) is 8.36. The summed E-state index contributed by atoms with van der Waals surface area (Å²) in [5.74, 6) is 0.887. The third-order valence-corrected chi connectivity index (χ3v) is 4.00. The Bertz CT molecular complexity index is 1050. The number of nitrogens with one attached hydrogen (secondary N) is 1. The Kier molecular flexibility index (Phi) is 5.60. The molecule has 1 fully saturated rings. The van der Waals surface area contributed by atoms with Gasteiger partial charge in [0.25, 0.3) is 11.8 Å². The fourth-order valence-electron chi connectivity index (χ4n) is 2.66. The molecule has 1 saturated heterocycles. The topological polar surface area (TPSA) is 84.9 Å². The van der Waals surface area contributed by atoms with E-state index >= 15 is 0 Å². The number of carbonyl (C=O) groups is 3. The number of imide groups is 2. The average Bonchev–Trinajstić information content (AvgIpc) is 2.71. The van der Waals surface area contributed by atoms with Gasteiger partial charge in [0.15, 0.2) is 11.5 Å². The van der Waals surface area contributed by atoms with Crippen molar-refractivity contribution in [2.45, 2.75) is 0 Å². The lowest BCUT2D eigenvalue weighted by atomic mass is 10.1. The van der Waals surface area contributed by atoms with Gasteiger partial charge in [0.05, 0.1) is 12.8 Å². The Labute approximate surface area is 165 Å². The van der Waals surface area contributed by atoms with Gasteiger partial charge >= 0.3 is 6.03 Å². The number of amides is 4. The third-order valence-electron chi connectivity index (χ3n) is 4.00. The van der Waals surface area contributed by atoms with E-state index in [0.29, 0.717) is 17.1 Å². The summed E-state index contributed by atoms with van der Waals surface area (Å²) in [7, 11) is 1.43. The van der Waals surface area contributed by atoms with Gasteiger partial charge in [-0.05, 0) is 48.0 Å². The van der Waals surface area contributed by atoms with Gasteiger partial charge in [0.2, 0.25) is 0 Å². The van der Waals surface area contributed by atoms with E-state index in [0.717, 1.165) is 17.0 Å². The van der Waals surface area contributed by atoms with Gasteiger partial charge in [0, 0.05) is 0 Å². The van der Waals surface area contributed by atoms with Crippen molar-refractivity contribution in [3.05, 3.63) is 59.4 Å². The monoisotopic (exact) mass is 394 g/mol. The smallest absolute Gasteiger partial charge is 0.335 e. The highest BCUT2D eigenvalue weighted by Gasteiger charge is 2.36. The van der Waals surface area contributed by atoms with Crippen LogP contribution in [0, 0.1) is 18.2 Å². The standard InChI is InChI=1S/C21H15FN2O5/c1-3-10-29-17-9-4-13(12-18(17)28-2)11-16-19(25)23-21(27)24(20(16)26)15-7-5-14(22)6-8-15/h1,4-9,11-12H,10H2,2H3,(H,23,25,27)/b16-11+. The number of anilines is 1. The number of benzene rings is 2. The summed E-state index contributed by atoms with van der Waals surface area (Å²) in [5.41, 5.74) is 0.318. The molecule has 7 nitrogen and oxygen atoms in total. The lowest BCUT2D eigenvalue weighted by molar-refractivity contribution is -0.122. The predicted octanol–water partition coefficient (Wildman–Crippen LogP) is 2.51. The Balaban J connectivity index is 1.96. The molecule has 0 spiro atoms.